The van der Waals surface area contributed by atoms with Gasteiger partial charge >= 0.3 is 5.97 Å². The molecule has 0 bridgehead atoms. The number of phenols is 1. The molecule has 0 aliphatic carbocycles. The van der Waals surface area contributed by atoms with E-state index in [2.05, 4.69) is 13.8 Å². The number of carboxylic acid groups (broad SMARTS) is 1. The number of hydrogen-bond acceptors (Lipinski definition) is 2. The van der Waals surface area contributed by atoms with E-state index in [-0.39, 0.29) is 11.3 Å². The van der Waals surface area contributed by atoms with Crippen molar-refractivity contribution < 1.29 is 15.0 Å². The number of rotatable bonds is 14. The van der Waals surface area contributed by atoms with Crippen molar-refractivity contribution in [2.75, 3.05) is 0 Å². The maximum Gasteiger partial charge on any atom is 0.339 e. The van der Waals surface area contributed by atoms with Crippen LogP contribution in [0.3, 0.4) is 0 Å². The van der Waals surface area contributed by atoms with Crippen LogP contribution in [-0.4, -0.2) is 16.2 Å². The molecule has 0 amide bonds. The standard InChI is InChI=1S/C23H38O3/c1-18(2)14-12-10-8-6-4-5-7-9-11-13-15-20-16-19(3)22(24)21(17-20)23(25)26/h16-18,24H,4-15H2,1-3H3,(H,25,26). The topological polar surface area (TPSA) is 57.5 Å². The number of aromatic hydroxyl groups is 1. The molecule has 1 aromatic rings. The number of aromatic carboxylic acids is 1. The van der Waals surface area contributed by atoms with Gasteiger partial charge in [0.25, 0.3) is 0 Å². The van der Waals surface area contributed by atoms with Crippen molar-refractivity contribution in [3.8, 4) is 5.75 Å². The zero-order valence-corrected chi connectivity index (χ0v) is 17.0. The number of carboxylic acids is 1. The molecule has 0 aliphatic heterocycles. The molecule has 3 heteroatoms. The first kappa shape index (κ1) is 22.5. The van der Waals surface area contributed by atoms with Crippen molar-refractivity contribution in [2.45, 2.75) is 97.8 Å². The van der Waals surface area contributed by atoms with E-state index in [4.69, 9.17) is 5.11 Å². The second-order valence-electron chi connectivity index (χ2n) is 8.08. The fraction of sp³-hybridized carbons (Fsp3) is 0.696. The zero-order chi connectivity index (χ0) is 19.4. The Morgan fingerprint density at radius 1 is 0.885 bits per heavy atom. The average Bonchev–Trinajstić information content (AvgIpc) is 2.58. The Morgan fingerprint density at radius 2 is 1.38 bits per heavy atom. The summed E-state index contributed by atoms with van der Waals surface area (Å²) < 4.78 is 0. The molecule has 1 rings (SSSR count). The van der Waals surface area contributed by atoms with Crippen LogP contribution < -0.4 is 0 Å². The SMILES string of the molecule is Cc1cc(CCCCCCCCCCCCC(C)C)cc(C(=O)O)c1O. The molecule has 0 saturated carbocycles. The molecule has 26 heavy (non-hydrogen) atoms. The van der Waals surface area contributed by atoms with Crippen molar-refractivity contribution in [1.29, 1.82) is 0 Å². The normalized spacial score (nSPS) is 11.2. The molecular formula is C23H38O3. The van der Waals surface area contributed by atoms with Crippen LogP contribution in [-0.2, 0) is 6.42 Å². The number of hydrogen-bond donors (Lipinski definition) is 2. The van der Waals surface area contributed by atoms with Crippen LogP contribution in [0.4, 0.5) is 0 Å². The lowest BCUT2D eigenvalue weighted by Gasteiger charge is -2.08. The maximum atomic E-state index is 11.2. The molecule has 0 radical (unpaired) electrons. The van der Waals surface area contributed by atoms with E-state index in [1.807, 2.05) is 6.07 Å². The lowest BCUT2D eigenvalue weighted by molar-refractivity contribution is 0.0693. The van der Waals surface area contributed by atoms with Gasteiger partial charge in [-0.05, 0) is 42.9 Å². The molecular weight excluding hydrogens is 324 g/mol. The van der Waals surface area contributed by atoms with E-state index in [1.54, 1.807) is 13.0 Å². The van der Waals surface area contributed by atoms with Crippen molar-refractivity contribution in [2.24, 2.45) is 5.92 Å². The Labute approximate surface area is 159 Å². The number of unbranched alkanes of at least 4 members (excludes halogenated alkanes) is 9. The average molecular weight is 363 g/mol. The molecule has 0 aliphatic rings. The van der Waals surface area contributed by atoms with Gasteiger partial charge in [0.1, 0.15) is 11.3 Å². The van der Waals surface area contributed by atoms with Gasteiger partial charge in [-0.1, -0.05) is 84.1 Å². The van der Waals surface area contributed by atoms with Crippen LogP contribution in [0.5, 0.6) is 5.75 Å². The van der Waals surface area contributed by atoms with E-state index in [9.17, 15) is 9.90 Å². The number of carbonyl (C=O) groups is 1. The molecule has 2 N–H and O–H groups in total. The lowest BCUT2D eigenvalue weighted by Crippen LogP contribution is -2.00. The second kappa shape index (κ2) is 12.8. The third-order valence-corrected chi connectivity index (χ3v) is 5.09. The van der Waals surface area contributed by atoms with Gasteiger partial charge < -0.3 is 10.2 Å². The summed E-state index contributed by atoms with van der Waals surface area (Å²) in [5, 5.41) is 18.9. The van der Waals surface area contributed by atoms with Crippen LogP contribution in [0.15, 0.2) is 12.1 Å². The smallest absolute Gasteiger partial charge is 0.339 e. The van der Waals surface area contributed by atoms with Gasteiger partial charge in [0.05, 0.1) is 0 Å². The number of benzene rings is 1. The van der Waals surface area contributed by atoms with Crippen molar-refractivity contribution >= 4 is 5.97 Å². The molecule has 0 fully saturated rings. The van der Waals surface area contributed by atoms with E-state index >= 15 is 0 Å². The first-order chi connectivity index (χ1) is 12.4. The highest BCUT2D eigenvalue weighted by Gasteiger charge is 2.13. The lowest BCUT2D eigenvalue weighted by atomic mass is 9.99. The Kier molecular flexibility index (Phi) is 11.1. The minimum absolute atomic E-state index is 0.0217. The summed E-state index contributed by atoms with van der Waals surface area (Å²) in [6, 6.07) is 3.52. The first-order valence-electron chi connectivity index (χ1n) is 10.5. The van der Waals surface area contributed by atoms with E-state index in [0.717, 1.165) is 24.3 Å². The summed E-state index contributed by atoms with van der Waals surface area (Å²) in [5.41, 5.74) is 1.68. The van der Waals surface area contributed by atoms with E-state index in [0.29, 0.717) is 5.56 Å². The minimum Gasteiger partial charge on any atom is -0.507 e. The molecule has 1 aromatic carbocycles. The predicted octanol–water partition coefficient (Wildman–Crippen LogP) is 6.89. The van der Waals surface area contributed by atoms with Gasteiger partial charge in [-0.3, -0.25) is 0 Å². The summed E-state index contributed by atoms with van der Waals surface area (Å²) in [6.45, 7) is 6.36. The first-order valence-corrected chi connectivity index (χ1v) is 10.5. The molecule has 0 atom stereocenters. The summed E-state index contributed by atoms with van der Waals surface area (Å²) in [7, 11) is 0. The summed E-state index contributed by atoms with van der Waals surface area (Å²) in [6.07, 6.45) is 15.3. The molecule has 3 nitrogen and oxygen atoms in total. The van der Waals surface area contributed by atoms with Crippen molar-refractivity contribution in [3.63, 3.8) is 0 Å². The Morgan fingerprint density at radius 3 is 1.88 bits per heavy atom. The second-order valence-corrected chi connectivity index (χ2v) is 8.08. The number of aryl methyl sites for hydroxylation is 2. The van der Waals surface area contributed by atoms with Gasteiger partial charge in [-0.15, -0.1) is 0 Å². The predicted molar refractivity (Wildman–Crippen MR) is 109 cm³/mol. The van der Waals surface area contributed by atoms with E-state index in [1.165, 1.54) is 64.2 Å². The Balaban J connectivity index is 2.07. The minimum atomic E-state index is -1.06. The van der Waals surface area contributed by atoms with Crippen molar-refractivity contribution in [3.05, 3.63) is 28.8 Å². The van der Waals surface area contributed by atoms with E-state index < -0.39 is 5.97 Å². The van der Waals surface area contributed by atoms with Gasteiger partial charge in [-0.25, -0.2) is 4.79 Å². The highest BCUT2D eigenvalue weighted by atomic mass is 16.4. The third kappa shape index (κ3) is 9.26. The van der Waals surface area contributed by atoms with Crippen LogP contribution >= 0.6 is 0 Å². The highest BCUT2D eigenvalue weighted by molar-refractivity contribution is 5.91. The zero-order valence-electron chi connectivity index (χ0n) is 17.0. The summed E-state index contributed by atoms with van der Waals surface area (Å²) in [5.74, 6) is -0.321. The van der Waals surface area contributed by atoms with Gasteiger partial charge in [0.2, 0.25) is 0 Å². The molecule has 0 saturated heterocycles. The Hall–Kier alpha value is -1.51. The molecule has 0 unspecified atom stereocenters. The van der Waals surface area contributed by atoms with Gasteiger partial charge in [0.15, 0.2) is 0 Å². The Bertz CT molecular complexity index is 534. The largest absolute Gasteiger partial charge is 0.507 e. The van der Waals surface area contributed by atoms with Crippen LogP contribution in [0.1, 0.15) is 106 Å². The van der Waals surface area contributed by atoms with Crippen LogP contribution in [0, 0.1) is 12.8 Å². The fourth-order valence-corrected chi connectivity index (χ4v) is 3.46. The molecule has 0 aromatic heterocycles. The molecule has 148 valence electrons. The third-order valence-electron chi connectivity index (χ3n) is 5.09. The van der Waals surface area contributed by atoms with Crippen LogP contribution in [0.2, 0.25) is 0 Å². The van der Waals surface area contributed by atoms with Gasteiger partial charge in [0, 0.05) is 0 Å². The quantitative estimate of drug-likeness (QED) is 0.354. The summed E-state index contributed by atoms with van der Waals surface area (Å²) in [4.78, 5) is 11.2. The molecule has 0 heterocycles. The fourth-order valence-electron chi connectivity index (χ4n) is 3.46. The monoisotopic (exact) mass is 362 g/mol. The molecule has 0 spiro atoms. The maximum absolute atomic E-state index is 11.2. The highest BCUT2D eigenvalue weighted by Crippen LogP contribution is 2.25. The van der Waals surface area contributed by atoms with Crippen LogP contribution in [0.25, 0.3) is 0 Å². The van der Waals surface area contributed by atoms with Gasteiger partial charge in [-0.2, -0.15) is 0 Å². The summed E-state index contributed by atoms with van der Waals surface area (Å²) >= 11 is 0. The van der Waals surface area contributed by atoms with Crippen molar-refractivity contribution in [1.82, 2.24) is 0 Å².